The number of pyridine rings is 1. The lowest BCUT2D eigenvalue weighted by Gasteiger charge is -2.40. The number of nitrogens with zero attached hydrogens (tertiary/aromatic N) is 3. The number of likely N-dealkylation sites (tertiary alicyclic amines) is 1. The van der Waals surface area contributed by atoms with E-state index in [1.54, 1.807) is 37.6 Å². The van der Waals surface area contributed by atoms with Gasteiger partial charge in [0, 0.05) is 29.4 Å². The molecule has 1 aromatic carbocycles. The van der Waals surface area contributed by atoms with Crippen LogP contribution >= 0.6 is 11.6 Å². The Balaban J connectivity index is 1.39. The Labute approximate surface area is 203 Å². The lowest BCUT2D eigenvalue weighted by atomic mass is 9.89. The summed E-state index contributed by atoms with van der Waals surface area (Å²) in [4.78, 5) is 24.3. The minimum absolute atomic E-state index is 0.0395. The van der Waals surface area contributed by atoms with E-state index in [0.29, 0.717) is 58.9 Å². The molecule has 0 bridgehead atoms. The Morgan fingerprint density at radius 3 is 2.91 bits per heavy atom. The van der Waals surface area contributed by atoms with Gasteiger partial charge in [0.15, 0.2) is 11.3 Å². The van der Waals surface area contributed by atoms with Gasteiger partial charge in [0.1, 0.15) is 5.52 Å². The molecule has 1 amide bonds. The second-order valence-electron chi connectivity index (χ2n) is 9.59. The molecule has 2 unspecified atom stereocenters. The molecular weight excluding hydrogens is 456 g/mol. The third-order valence-corrected chi connectivity index (χ3v) is 7.00. The van der Waals surface area contributed by atoms with E-state index in [2.05, 4.69) is 22.2 Å². The first kappa shape index (κ1) is 22.9. The Morgan fingerprint density at radius 2 is 2.18 bits per heavy atom. The Hall–Kier alpha value is -2.84. The number of benzene rings is 1. The molecule has 3 heterocycles. The maximum absolute atomic E-state index is 13.6. The number of anilines is 1. The van der Waals surface area contributed by atoms with E-state index in [1.165, 1.54) is 0 Å². The van der Waals surface area contributed by atoms with Crippen LogP contribution in [-0.4, -0.2) is 51.2 Å². The molecule has 9 heteroatoms. The van der Waals surface area contributed by atoms with Crippen LogP contribution in [0.4, 0.5) is 6.01 Å². The molecule has 1 saturated heterocycles. The van der Waals surface area contributed by atoms with E-state index >= 15 is 0 Å². The SMILES string of the molecule is COc1cc(C(=O)N2CC(C)CCC2CC2(O)CC2)cc2nc(NCc3cc(Cl)ccn3)oc12. The molecule has 1 saturated carbocycles. The fraction of sp³-hybridized carbons (Fsp3) is 0.480. The van der Waals surface area contributed by atoms with Gasteiger partial charge in [-0.05, 0) is 62.3 Å². The highest BCUT2D eigenvalue weighted by atomic mass is 35.5. The van der Waals surface area contributed by atoms with Crippen molar-refractivity contribution in [1.29, 1.82) is 0 Å². The number of oxazole rings is 1. The summed E-state index contributed by atoms with van der Waals surface area (Å²) in [5.41, 5.74) is 1.65. The van der Waals surface area contributed by atoms with Crippen LogP contribution in [0.2, 0.25) is 5.02 Å². The third-order valence-electron chi connectivity index (χ3n) is 6.77. The summed E-state index contributed by atoms with van der Waals surface area (Å²) in [7, 11) is 1.54. The Bertz CT molecular complexity index is 1210. The molecule has 2 N–H and O–H groups in total. The Morgan fingerprint density at radius 1 is 1.35 bits per heavy atom. The summed E-state index contributed by atoms with van der Waals surface area (Å²) >= 11 is 6.03. The van der Waals surface area contributed by atoms with Crippen molar-refractivity contribution < 1.29 is 19.1 Å². The number of hydrogen-bond acceptors (Lipinski definition) is 7. The van der Waals surface area contributed by atoms with Gasteiger partial charge in [-0.1, -0.05) is 18.5 Å². The average Bonchev–Trinajstić information content (AvgIpc) is 3.39. The van der Waals surface area contributed by atoms with Crippen molar-refractivity contribution in [2.24, 2.45) is 5.92 Å². The number of aromatic nitrogens is 2. The quantitative estimate of drug-likeness (QED) is 0.503. The minimum atomic E-state index is -0.601. The van der Waals surface area contributed by atoms with Crippen LogP contribution in [0, 0.1) is 5.92 Å². The summed E-state index contributed by atoms with van der Waals surface area (Å²) in [6.07, 6.45) is 5.89. The number of fused-ring (bicyclic) bond motifs is 1. The first-order valence-corrected chi connectivity index (χ1v) is 12.1. The smallest absolute Gasteiger partial charge is 0.296 e. The van der Waals surface area contributed by atoms with Crippen LogP contribution in [0.25, 0.3) is 11.1 Å². The number of ether oxygens (including phenoxy) is 1. The van der Waals surface area contributed by atoms with Crippen LogP contribution in [0.15, 0.2) is 34.9 Å². The van der Waals surface area contributed by atoms with E-state index in [1.807, 2.05) is 4.90 Å². The van der Waals surface area contributed by atoms with Gasteiger partial charge >= 0.3 is 0 Å². The highest BCUT2D eigenvalue weighted by Gasteiger charge is 2.45. The van der Waals surface area contributed by atoms with Crippen LogP contribution < -0.4 is 10.1 Å². The van der Waals surface area contributed by atoms with Gasteiger partial charge in [0.25, 0.3) is 11.9 Å². The highest BCUT2D eigenvalue weighted by Crippen LogP contribution is 2.42. The van der Waals surface area contributed by atoms with Crippen LogP contribution in [0.5, 0.6) is 5.75 Å². The van der Waals surface area contributed by atoms with E-state index in [9.17, 15) is 9.90 Å². The molecule has 1 aliphatic carbocycles. The zero-order chi connectivity index (χ0) is 23.9. The van der Waals surface area contributed by atoms with Gasteiger partial charge in [-0.3, -0.25) is 9.78 Å². The molecule has 180 valence electrons. The van der Waals surface area contributed by atoms with Crippen LogP contribution in [0.3, 0.4) is 0 Å². The number of aliphatic hydroxyl groups is 1. The molecule has 8 nitrogen and oxygen atoms in total. The lowest BCUT2D eigenvalue weighted by Crippen LogP contribution is -2.48. The number of methoxy groups -OCH3 is 1. The zero-order valence-electron chi connectivity index (χ0n) is 19.4. The number of rotatable bonds is 7. The number of hydrogen-bond donors (Lipinski definition) is 2. The maximum atomic E-state index is 13.6. The monoisotopic (exact) mass is 484 g/mol. The van der Waals surface area contributed by atoms with Crippen molar-refractivity contribution in [2.45, 2.75) is 57.2 Å². The van der Waals surface area contributed by atoms with E-state index < -0.39 is 5.60 Å². The Kier molecular flexibility index (Phi) is 6.12. The molecule has 0 spiro atoms. The number of amides is 1. The first-order valence-electron chi connectivity index (χ1n) is 11.7. The second-order valence-corrected chi connectivity index (χ2v) is 10.0. The van der Waals surface area contributed by atoms with Crippen LogP contribution in [-0.2, 0) is 6.54 Å². The largest absolute Gasteiger partial charge is 0.493 e. The van der Waals surface area contributed by atoms with Crippen molar-refractivity contribution in [2.75, 3.05) is 19.0 Å². The van der Waals surface area contributed by atoms with Gasteiger partial charge in [0.2, 0.25) is 0 Å². The second kappa shape index (κ2) is 9.07. The normalized spacial score (nSPS) is 21.5. The van der Waals surface area contributed by atoms with Crippen molar-refractivity contribution in [3.63, 3.8) is 0 Å². The summed E-state index contributed by atoms with van der Waals surface area (Å²) in [5.74, 6) is 0.800. The average molecular weight is 485 g/mol. The van der Waals surface area contributed by atoms with E-state index in [0.717, 1.165) is 31.4 Å². The molecule has 3 aromatic rings. The van der Waals surface area contributed by atoms with Crippen molar-refractivity contribution >= 4 is 34.6 Å². The van der Waals surface area contributed by atoms with Gasteiger partial charge in [0.05, 0.1) is 24.9 Å². The van der Waals surface area contributed by atoms with Gasteiger partial charge in [-0.2, -0.15) is 4.98 Å². The van der Waals surface area contributed by atoms with Gasteiger partial charge in [-0.25, -0.2) is 0 Å². The number of piperidine rings is 1. The topological polar surface area (TPSA) is 101 Å². The predicted molar refractivity (Wildman–Crippen MR) is 129 cm³/mol. The van der Waals surface area contributed by atoms with Crippen molar-refractivity contribution in [3.8, 4) is 5.75 Å². The molecule has 2 aromatic heterocycles. The summed E-state index contributed by atoms with van der Waals surface area (Å²) < 4.78 is 11.4. The van der Waals surface area contributed by atoms with Crippen molar-refractivity contribution in [3.05, 3.63) is 46.7 Å². The molecule has 2 aliphatic rings. The summed E-state index contributed by atoms with van der Waals surface area (Å²) in [6.45, 7) is 3.23. The minimum Gasteiger partial charge on any atom is -0.493 e. The van der Waals surface area contributed by atoms with Gasteiger partial charge < -0.3 is 24.5 Å². The molecular formula is C25H29ClN4O4. The van der Waals surface area contributed by atoms with E-state index in [-0.39, 0.29) is 11.9 Å². The third kappa shape index (κ3) is 4.83. The number of carbonyl (C=O) groups excluding carboxylic acids is 1. The van der Waals surface area contributed by atoms with Crippen molar-refractivity contribution in [1.82, 2.24) is 14.9 Å². The number of nitrogens with one attached hydrogen (secondary N) is 1. The fourth-order valence-electron chi connectivity index (χ4n) is 4.69. The number of carbonyl (C=O) groups is 1. The standard InChI is InChI=1S/C25H29ClN4O4/c1-15-3-4-19(12-25(32)6-7-25)30(14-15)23(31)16-9-20-22(21(10-16)33-2)34-24(29-20)28-13-18-11-17(26)5-8-27-18/h5,8-11,15,19,32H,3-4,6-7,12-14H2,1-2H3,(H,28,29). The molecule has 34 heavy (non-hydrogen) atoms. The molecule has 5 rings (SSSR count). The molecule has 2 fully saturated rings. The van der Waals surface area contributed by atoms with E-state index in [4.69, 9.17) is 20.8 Å². The lowest BCUT2D eigenvalue weighted by molar-refractivity contribution is 0.0366. The predicted octanol–water partition coefficient (Wildman–Crippen LogP) is 4.65. The highest BCUT2D eigenvalue weighted by molar-refractivity contribution is 6.30. The summed E-state index contributed by atoms with van der Waals surface area (Å²) in [6, 6.07) is 7.28. The molecule has 1 aliphatic heterocycles. The van der Waals surface area contributed by atoms with Crippen LogP contribution in [0.1, 0.15) is 55.1 Å². The maximum Gasteiger partial charge on any atom is 0.296 e. The molecule has 0 radical (unpaired) electrons. The summed E-state index contributed by atoms with van der Waals surface area (Å²) in [5, 5.41) is 14.2. The molecule has 2 atom stereocenters. The number of halogens is 1. The first-order chi connectivity index (χ1) is 16.3. The zero-order valence-corrected chi connectivity index (χ0v) is 20.1. The van der Waals surface area contributed by atoms with Gasteiger partial charge in [-0.15, -0.1) is 0 Å². The fourth-order valence-corrected chi connectivity index (χ4v) is 4.87.